The lowest BCUT2D eigenvalue weighted by Gasteiger charge is -2.35. The fraction of sp³-hybridized carbons (Fsp3) is 0.933. The number of ether oxygens (including phenoxy) is 1. The lowest BCUT2D eigenvalue weighted by atomic mass is 10.1. The van der Waals surface area contributed by atoms with E-state index in [1.807, 2.05) is 6.92 Å². The Morgan fingerprint density at radius 1 is 1.42 bits per heavy atom. The van der Waals surface area contributed by atoms with Crippen molar-refractivity contribution in [3.8, 4) is 0 Å². The summed E-state index contributed by atoms with van der Waals surface area (Å²) in [5.41, 5.74) is 0. The molecule has 0 spiro atoms. The fourth-order valence-corrected chi connectivity index (χ4v) is 2.80. The van der Waals surface area contributed by atoms with Gasteiger partial charge in [-0.2, -0.15) is 0 Å². The minimum Gasteiger partial charge on any atom is -0.465 e. The molecule has 0 aromatic rings. The van der Waals surface area contributed by atoms with Crippen molar-refractivity contribution < 1.29 is 9.53 Å². The van der Waals surface area contributed by atoms with Crippen LogP contribution in [0.3, 0.4) is 0 Å². The molecule has 0 aliphatic carbocycles. The molecule has 1 N–H and O–H groups in total. The second-order valence-electron chi connectivity index (χ2n) is 5.64. The molecule has 2 unspecified atom stereocenters. The molecule has 0 aromatic heterocycles. The minimum absolute atomic E-state index is 0.0592. The van der Waals surface area contributed by atoms with Crippen LogP contribution in [0.25, 0.3) is 0 Å². The third-order valence-electron chi connectivity index (χ3n) is 3.78. The molecule has 1 saturated heterocycles. The molecule has 1 heterocycles. The first-order valence-corrected chi connectivity index (χ1v) is 7.75. The summed E-state index contributed by atoms with van der Waals surface area (Å²) >= 11 is 0. The number of carbonyl (C=O) groups is 1. The summed E-state index contributed by atoms with van der Waals surface area (Å²) in [6, 6.07) is 0.798. The maximum Gasteiger partial charge on any atom is 0.323 e. The molecule has 4 nitrogen and oxygen atoms in total. The normalized spacial score (nSPS) is 21.1. The molecule has 0 aromatic carbocycles. The molecule has 4 heteroatoms. The van der Waals surface area contributed by atoms with Crippen molar-refractivity contribution in [2.75, 3.05) is 19.7 Å². The SMILES string of the molecule is CCCC(C(=O)OCC)N(CC1CCCN1)C(C)C. The second kappa shape index (κ2) is 8.54. The van der Waals surface area contributed by atoms with E-state index in [9.17, 15) is 4.79 Å². The van der Waals surface area contributed by atoms with E-state index >= 15 is 0 Å². The lowest BCUT2D eigenvalue weighted by molar-refractivity contribution is -0.150. The Morgan fingerprint density at radius 2 is 2.16 bits per heavy atom. The molecule has 19 heavy (non-hydrogen) atoms. The van der Waals surface area contributed by atoms with E-state index in [0.29, 0.717) is 18.7 Å². The summed E-state index contributed by atoms with van der Waals surface area (Å²) in [6.07, 6.45) is 4.34. The van der Waals surface area contributed by atoms with E-state index in [-0.39, 0.29) is 12.0 Å². The van der Waals surface area contributed by atoms with Crippen LogP contribution >= 0.6 is 0 Å². The smallest absolute Gasteiger partial charge is 0.323 e. The monoisotopic (exact) mass is 270 g/mol. The van der Waals surface area contributed by atoms with Crippen LogP contribution in [0.15, 0.2) is 0 Å². The highest BCUT2D eigenvalue weighted by Gasteiger charge is 2.30. The van der Waals surface area contributed by atoms with Gasteiger partial charge in [0.05, 0.1) is 6.61 Å². The van der Waals surface area contributed by atoms with Gasteiger partial charge in [0.15, 0.2) is 0 Å². The van der Waals surface area contributed by atoms with Crippen molar-refractivity contribution in [2.24, 2.45) is 0 Å². The van der Waals surface area contributed by atoms with Crippen molar-refractivity contribution in [2.45, 2.75) is 71.5 Å². The largest absolute Gasteiger partial charge is 0.465 e. The van der Waals surface area contributed by atoms with Crippen molar-refractivity contribution in [3.63, 3.8) is 0 Å². The third kappa shape index (κ3) is 5.11. The molecular weight excluding hydrogens is 240 g/mol. The standard InChI is InChI=1S/C15H30N2O2/c1-5-8-14(15(18)19-6-2)17(12(3)4)11-13-9-7-10-16-13/h12-14,16H,5-11H2,1-4H3. The first-order chi connectivity index (χ1) is 9.10. The molecule has 1 rings (SSSR count). The van der Waals surface area contributed by atoms with Crippen LogP contribution in [0.2, 0.25) is 0 Å². The van der Waals surface area contributed by atoms with E-state index in [1.165, 1.54) is 12.8 Å². The number of hydrogen-bond donors (Lipinski definition) is 1. The molecular formula is C15H30N2O2. The molecule has 0 bridgehead atoms. The van der Waals surface area contributed by atoms with E-state index < -0.39 is 0 Å². The number of rotatable bonds is 8. The molecule has 2 atom stereocenters. The summed E-state index contributed by atoms with van der Waals surface area (Å²) in [5, 5.41) is 3.52. The lowest BCUT2D eigenvalue weighted by Crippen LogP contribution is -2.50. The van der Waals surface area contributed by atoms with Gasteiger partial charge < -0.3 is 10.1 Å². The van der Waals surface area contributed by atoms with Crippen molar-refractivity contribution in [3.05, 3.63) is 0 Å². The van der Waals surface area contributed by atoms with Crippen LogP contribution in [-0.4, -0.2) is 48.7 Å². The van der Waals surface area contributed by atoms with Crippen molar-refractivity contribution in [1.82, 2.24) is 10.2 Å². The quantitative estimate of drug-likeness (QED) is 0.686. The second-order valence-corrected chi connectivity index (χ2v) is 5.64. The number of esters is 1. The van der Waals surface area contributed by atoms with Gasteiger partial charge in [0, 0.05) is 18.6 Å². The zero-order valence-corrected chi connectivity index (χ0v) is 12.9. The Hall–Kier alpha value is -0.610. The molecule has 1 aliphatic rings. The predicted molar refractivity (Wildman–Crippen MR) is 78.2 cm³/mol. The van der Waals surface area contributed by atoms with Gasteiger partial charge in [0.1, 0.15) is 6.04 Å². The number of hydrogen-bond acceptors (Lipinski definition) is 4. The topological polar surface area (TPSA) is 41.6 Å². The molecule has 1 aliphatic heterocycles. The average Bonchev–Trinajstić information content (AvgIpc) is 2.86. The molecule has 1 fully saturated rings. The summed E-state index contributed by atoms with van der Waals surface area (Å²) in [6.45, 7) is 10.8. The fourth-order valence-electron chi connectivity index (χ4n) is 2.80. The summed E-state index contributed by atoms with van der Waals surface area (Å²) < 4.78 is 5.25. The highest BCUT2D eigenvalue weighted by atomic mass is 16.5. The van der Waals surface area contributed by atoms with Gasteiger partial charge in [0.2, 0.25) is 0 Å². The first kappa shape index (κ1) is 16.4. The van der Waals surface area contributed by atoms with Crippen LogP contribution in [0.4, 0.5) is 0 Å². The van der Waals surface area contributed by atoms with Gasteiger partial charge in [-0.15, -0.1) is 0 Å². The predicted octanol–water partition coefficient (Wildman–Crippen LogP) is 2.18. The third-order valence-corrected chi connectivity index (χ3v) is 3.78. The maximum atomic E-state index is 12.2. The van der Waals surface area contributed by atoms with E-state index in [2.05, 4.69) is 31.0 Å². The number of nitrogens with one attached hydrogen (secondary N) is 1. The van der Waals surface area contributed by atoms with Crippen LogP contribution in [0.1, 0.15) is 53.4 Å². The maximum absolute atomic E-state index is 12.2. The van der Waals surface area contributed by atoms with Crippen LogP contribution in [-0.2, 0) is 9.53 Å². The highest BCUT2D eigenvalue weighted by molar-refractivity contribution is 5.75. The number of nitrogens with zero attached hydrogens (tertiary/aromatic N) is 1. The van der Waals surface area contributed by atoms with Gasteiger partial charge in [0.25, 0.3) is 0 Å². The summed E-state index contributed by atoms with van der Waals surface area (Å²) in [4.78, 5) is 14.5. The molecule has 0 radical (unpaired) electrons. The van der Waals surface area contributed by atoms with E-state index in [1.54, 1.807) is 0 Å². The summed E-state index contributed by atoms with van der Waals surface area (Å²) in [5.74, 6) is -0.0592. The Balaban J connectivity index is 2.69. The number of carbonyl (C=O) groups excluding carboxylic acids is 1. The zero-order chi connectivity index (χ0) is 14.3. The molecule has 0 amide bonds. The van der Waals surface area contributed by atoms with E-state index in [4.69, 9.17) is 4.74 Å². The Bertz CT molecular complexity index is 263. The van der Waals surface area contributed by atoms with Gasteiger partial charge >= 0.3 is 5.97 Å². The Morgan fingerprint density at radius 3 is 2.63 bits per heavy atom. The van der Waals surface area contributed by atoms with Crippen LogP contribution < -0.4 is 5.32 Å². The van der Waals surface area contributed by atoms with Crippen molar-refractivity contribution >= 4 is 5.97 Å². The average molecular weight is 270 g/mol. The zero-order valence-electron chi connectivity index (χ0n) is 12.9. The Kier molecular flexibility index (Phi) is 7.39. The van der Waals surface area contributed by atoms with Crippen LogP contribution in [0.5, 0.6) is 0 Å². The Labute approximate surface area is 117 Å². The molecule has 0 saturated carbocycles. The molecule has 112 valence electrons. The van der Waals surface area contributed by atoms with Gasteiger partial charge in [-0.05, 0) is 46.6 Å². The van der Waals surface area contributed by atoms with Gasteiger partial charge in [-0.1, -0.05) is 13.3 Å². The summed E-state index contributed by atoms with van der Waals surface area (Å²) in [7, 11) is 0. The van der Waals surface area contributed by atoms with Gasteiger partial charge in [-0.25, -0.2) is 0 Å². The van der Waals surface area contributed by atoms with Gasteiger partial charge in [-0.3, -0.25) is 9.69 Å². The van der Waals surface area contributed by atoms with Crippen molar-refractivity contribution in [1.29, 1.82) is 0 Å². The van der Waals surface area contributed by atoms with Crippen LogP contribution in [0, 0.1) is 0 Å². The minimum atomic E-state index is -0.0904. The first-order valence-electron chi connectivity index (χ1n) is 7.75. The highest BCUT2D eigenvalue weighted by Crippen LogP contribution is 2.16. The van der Waals surface area contributed by atoms with E-state index in [0.717, 1.165) is 25.9 Å².